The number of aliphatic hydroxyl groups is 3. The summed E-state index contributed by atoms with van der Waals surface area (Å²) in [5.74, 6) is 0.430. The van der Waals surface area contributed by atoms with E-state index in [0.29, 0.717) is 29.1 Å². The van der Waals surface area contributed by atoms with Crippen LogP contribution in [0, 0.1) is 10.6 Å². The minimum atomic E-state index is -1.10. The van der Waals surface area contributed by atoms with Crippen molar-refractivity contribution < 1.29 is 20.1 Å². The largest absolute Gasteiger partial charge is 0.394 e. The third-order valence-electron chi connectivity index (χ3n) is 5.52. The summed E-state index contributed by atoms with van der Waals surface area (Å²) in [4.78, 5) is 12.2. The first kappa shape index (κ1) is 22.3. The summed E-state index contributed by atoms with van der Waals surface area (Å²) in [6.45, 7) is 1.20. The number of unbranched alkanes of at least 4 members (excludes halogenated alkanes) is 3. The summed E-state index contributed by atoms with van der Waals surface area (Å²) in [5.41, 5.74) is 7.02. The van der Waals surface area contributed by atoms with Crippen molar-refractivity contribution in [3.05, 3.63) is 10.3 Å². The van der Waals surface area contributed by atoms with Gasteiger partial charge in [-0.05, 0) is 32.2 Å². The molecule has 0 aromatic carbocycles. The Kier molecular flexibility index (Phi) is 8.10. The van der Waals surface area contributed by atoms with E-state index in [0.717, 1.165) is 44.5 Å². The maximum atomic E-state index is 10.3. The Bertz CT molecular complexity index is 759. The second-order valence-electron chi connectivity index (χ2n) is 7.63. The fraction of sp³-hybridized carbons (Fsp3) is 0.737. The van der Waals surface area contributed by atoms with Crippen molar-refractivity contribution in [1.82, 2.24) is 9.97 Å². The number of rotatable bonds is 9. The Morgan fingerprint density at radius 2 is 2.03 bits per heavy atom. The molecule has 1 aromatic heterocycles. The lowest BCUT2D eigenvalue weighted by Crippen LogP contribution is -2.37. The Hall–Kier alpha value is -1.43. The van der Waals surface area contributed by atoms with E-state index in [1.165, 1.54) is 0 Å². The SMILES string of the molecule is NCCCCCCNc1nc(=S)c2c([nH]1)CCC([C@@H]1O[C@H](CO)C(O)C1O)C=N2. The van der Waals surface area contributed by atoms with Crippen molar-refractivity contribution in [3.63, 3.8) is 0 Å². The molecule has 10 heteroatoms. The van der Waals surface area contributed by atoms with Crippen molar-refractivity contribution in [1.29, 1.82) is 0 Å². The van der Waals surface area contributed by atoms with Gasteiger partial charge in [0.25, 0.3) is 0 Å². The summed E-state index contributed by atoms with van der Waals surface area (Å²) >= 11 is 5.42. The molecule has 7 N–H and O–H groups in total. The standard InChI is InChI=1S/C19H31N5O4S/c20-7-3-1-2-4-8-21-19-23-12-6-5-11(9-22-14(12)18(29)24-19)17-16(27)15(26)13(10-25)28-17/h9,11,13,15-17,25-27H,1-8,10,20H2,(H2,21,23,24,29)/t11?,13-,15?,16?,17+/m1/s1. The number of aliphatic imine (C=N–C) groups is 1. The van der Waals surface area contributed by atoms with E-state index in [4.69, 9.17) is 22.7 Å². The third-order valence-corrected chi connectivity index (χ3v) is 5.80. The number of anilines is 1. The fourth-order valence-corrected chi connectivity index (χ4v) is 4.10. The Balaban J connectivity index is 1.62. The number of nitrogens with zero attached hydrogens (tertiary/aromatic N) is 2. The zero-order valence-electron chi connectivity index (χ0n) is 16.5. The topological polar surface area (TPSA) is 149 Å². The normalized spacial score (nSPS) is 28.9. The number of nitrogens with two attached hydrogens (primary N) is 1. The molecule has 29 heavy (non-hydrogen) atoms. The number of aryl methyl sites for hydroxylation is 1. The highest BCUT2D eigenvalue weighted by Gasteiger charge is 2.45. The van der Waals surface area contributed by atoms with Gasteiger partial charge < -0.3 is 36.1 Å². The van der Waals surface area contributed by atoms with Gasteiger partial charge in [-0.3, -0.25) is 4.99 Å². The molecule has 0 radical (unpaired) electrons. The number of hydrogen-bond acceptors (Lipinski definition) is 9. The maximum absolute atomic E-state index is 10.3. The smallest absolute Gasteiger partial charge is 0.201 e. The van der Waals surface area contributed by atoms with Gasteiger partial charge in [0.15, 0.2) is 4.64 Å². The van der Waals surface area contributed by atoms with E-state index < -0.39 is 24.4 Å². The highest BCUT2D eigenvalue weighted by atomic mass is 32.1. The zero-order valence-corrected chi connectivity index (χ0v) is 17.3. The predicted octanol–water partition coefficient (Wildman–Crippen LogP) is 0.816. The van der Waals surface area contributed by atoms with E-state index in [1.807, 2.05) is 0 Å². The molecule has 2 aliphatic heterocycles. The first-order chi connectivity index (χ1) is 14.0. The van der Waals surface area contributed by atoms with Crippen LogP contribution in [0.2, 0.25) is 0 Å². The van der Waals surface area contributed by atoms with Crippen LogP contribution in [0.25, 0.3) is 0 Å². The fourth-order valence-electron chi connectivity index (χ4n) is 3.83. The minimum absolute atomic E-state index is 0.203. The van der Waals surface area contributed by atoms with Crippen LogP contribution in [0.1, 0.15) is 37.8 Å². The lowest BCUT2D eigenvalue weighted by molar-refractivity contribution is -0.0326. The van der Waals surface area contributed by atoms with Crippen molar-refractivity contribution in [2.45, 2.75) is 62.9 Å². The molecule has 1 saturated heterocycles. The van der Waals surface area contributed by atoms with Gasteiger partial charge in [0, 0.05) is 24.4 Å². The average Bonchev–Trinajstić information content (AvgIpc) is 2.88. The number of fused-ring (bicyclic) bond motifs is 1. The van der Waals surface area contributed by atoms with Gasteiger partial charge in [-0.15, -0.1) is 0 Å². The van der Waals surface area contributed by atoms with Crippen molar-refractivity contribution in [3.8, 4) is 0 Å². The second-order valence-corrected chi connectivity index (χ2v) is 8.02. The number of aliphatic hydroxyl groups excluding tert-OH is 3. The van der Waals surface area contributed by atoms with Crippen molar-refractivity contribution >= 4 is 30.1 Å². The van der Waals surface area contributed by atoms with Crippen molar-refractivity contribution in [2.24, 2.45) is 16.6 Å². The van der Waals surface area contributed by atoms with Crippen LogP contribution in [-0.2, 0) is 11.2 Å². The van der Waals surface area contributed by atoms with Gasteiger partial charge in [0.05, 0.1) is 12.7 Å². The summed E-state index contributed by atoms with van der Waals surface area (Å²) in [6, 6.07) is 0. The summed E-state index contributed by atoms with van der Waals surface area (Å²) < 4.78 is 6.08. The van der Waals surface area contributed by atoms with Gasteiger partial charge in [-0.1, -0.05) is 25.1 Å². The quantitative estimate of drug-likeness (QED) is 0.251. The van der Waals surface area contributed by atoms with Gasteiger partial charge in [0.2, 0.25) is 5.95 Å². The van der Waals surface area contributed by atoms with Crippen LogP contribution in [0.4, 0.5) is 11.6 Å². The van der Waals surface area contributed by atoms with Gasteiger partial charge in [0.1, 0.15) is 24.0 Å². The number of nitrogens with one attached hydrogen (secondary N) is 2. The molecule has 5 atom stereocenters. The molecule has 162 valence electrons. The summed E-state index contributed by atoms with van der Waals surface area (Å²) in [6.07, 6.45) is 3.79. The maximum Gasteiger partial charge on any atom is 0.201 e. The molecule has 0 bridgehead atoms. The first-order valence-electron chi connectivity index (χ1n) is 10.3. The predicted molar refractivity (Wildman–Crippen MR) is 113 cm³/mol. The molecule has 0 saturated carbocycles. The monoisotopic (exact) mass is 425 g/mol. The summed E-state index contributed by atoms with van der Waals surface area (Å²) in [5, 5.41) is 32.9. The molecule has 3 heterocycles. The number of ether oxygens (including phenoxy) is 1. The van der Waals surface area contributed by atoms with E-state index >= 15 is 0 Å². The molecular weight excluding hydrogens is 394 g/mol. The highest BCUT2D eigenvalue weighted by Crippen LogP contribution is 2.32. The van der Waals surface area contributed by atoms with E-state index in [2.05, 4.69) is 20.3 Å². The van der Waals surface area contributed by atoms with Crippen LogP contribution >= 0.6 is 12.2 Å². The Morgan fingerprint density at radius 1 is 1.24 bits per heavy atom. The lowest BCUT2D eigenvalue weighted by atomic mass is 9.93. The zero-order chi connectivity index (χ0) is 20.8. The van der Waals surface area contributed by atoms with Crippen LogP contribution in [0.15, 0.2) is 4.99 Å². The third kappa shape index (κ3) is 5.39. The second kappa shape index (κ2) is 10.6. The molecule has 1 aromatic rings. The minimum Gasteiger partial charge on any atom is -0.394 e. The van der Waals surface area contributed by atoms with Crippen LogP contribution in [0.3, 0.4) is 0 Å². The van der Waals surface area contributed by atoms with Crippen LogP contribution in [0.5, 0.6) is 0 Å². The van der Waals surface area contributed by atoms with Gasteiger partial charge in [-0.2, -0.15) is 0 Å². The Morgan fingerprint density at radius 3 is 2.76 bits per heavy atom. The number of aromatic amines is 1. The summed E-state index contributed by atoms with van der Waals surface area (Å²) in [7, 11) is 0. The molecule has 1 fully saturated rings. The van der Waals surface area contributed by atoms with Gasteiger partial charge in [-0.25, -0.2) is 4.98 Å². The van der Waals surface area contributed by atoms with Crippen LogP contribution in [-0.4, -0.2) is 75.6 Å². The molecule has 3 unspecified atom stereocenters. The molecule has 2 aliphatic rings. The molecule has 3 rings (SSSR count). The van der Waals surface area contributed by atoms with E-state index in [1.54, 1.807) is 6.21 Å². The molecule has 9 nitrogen and oxygen atoms in total. The Labute approximate surface area is 175 Å². The average molecular weight is 426 g/mol. The molecule has 0 amide bonds. The lowest BCUT2D eigenvalue weighted by Gasteiger charge is -2.21. The van der Waals surface area contributed by atoms with Crippen LogP contribution < -0.4 is 11.1 Å². The van der Waals surface area contributed by atoms with E-state index in [9.17, 15) is 15.3 Å². The van der Waals surface area contributed by atoms with E-state index in [-0.39, 0.29) is 12.5 Å². The van der Waals surface area contributed by atoms with Crippen molar-refractivity contribution in [2.75, 3.05) is 25.0 Å². The molecule has 0 spiro atoms. The number of hydrogen-bond donors (Lipinski definition) is 6. The number of aromatic nitrogens is 2. The molecular formula is C19H31N5O4S. The number of H-pyrrole nitrogens is 1. The highest BCUT2D eigenvalue weighted by molar-refractivity contribution is 7.71. The van der Waals surface area contributed by atoms with Gasteiger partial charge >= 0.3 is 0 Å². The molecule has 0 aliphatic carbocycles. The first-order valence-corrected chi connectivity index (χ1v) is 10.7.